The Hall–Kier alpha value is -0.570. The average molecular weight is 141 g/mol. The van der Waals surface area contributed by atoms with Gasteiger partial charge in [-0.25, -0.2) is 0 Å². The van der Waals surface area contributed by atoms with Crippen molar-refractivity contribution in [3.05, 3.63) is 0 Å². The second-order valence-corrected chi connectivity index (χ2v) is 2.60. The van der Waals surface area contributed by atoms with Crippen LogP contribution in [0.3, 0.4) is 0 Å². The highest BCUT2D eigenvalue weighted by atomic mass is 15.3. The van der Waals surface area contributed by atoms with E-state index in [9.17, 15) is 0 Å². The van der Waals surface area contributed by atoms with Crippen LogP contribution >= 0.6 is 0 Å². The summed E-state index contributed by atoms with van der Waals surface area (Å²) >= 11 is 0. The van der Waals surface area contributed by atoms with E-state index in [2.05, 4.69) is 16.8 Å². The first-order chi connectivity index (χ1) is 4.75. The zero-order chi connectivity index (χ0) is 7.56. The van der Waals surface area contributed by atoms with E-state index < -0.39 is 0 Å². The van der Waals surface area contributed by atoms with Crippen molar-refractivity contribution in [3.63, 3.8) is 0 Å². The predicted molar refractivity (Wildman–Crippen MR) is 42.9 cm³/mol. The third kappa shape index (κ3) is 1.29. The third-order valence-corrected chi connectivity index (χ3v) is 1.92. The van der Waals surface area contributed by atoms with E-state index in [0.717, 1.165) is 25.3 Å². The number of amidine groups is 1. The Balaban J connectivity index is 2.49. The van der Waals surface area contributed by atoms with Gasteiger partial charge in [0, 0.05) is 6.54 Å². The lowest BCUT2D eigenvalue weighted by atomic mass is 10.3. The predicted octanol–water partition coefficient (Wildman–Crippen LogP) is 0.415. The summed E-state index contributed by atoms with van der Waals surface area (Å²) < 4.78 is 0. The topological polar surface area (TPSA) is 41.6 Å². The van der Waals surface area contributed by atoms with Crippen molar-refractivity contribution < 1.29 is 0 Å². The quantitative estimate of drug-likeness (QED) is 0.605. The molecular formula is C7H15N3. The molecule has 2 N–H and O–H groups in total. The highest BCUT2D eigenvalue weighted by Gasteiger charge is 2.16. The molecule has 0 fully saturated rings. The molecule has 0 spiro atoms. The number of rotatable bonds is 2. The molecule has 1 rings (SSSR count). The van der Waals surface area contributed by atoms with E-state index in [1.807, 2.05) is 6.92 Å². The van der Waals surface area contributed by atoms with Gasteiger partial charge in [-0.1, -0.05) is 6.92 Å². The minimum atomic E-state index is 0.172. The minimum absolute atomic E-state index is 0.172. The first-order valence-corrected chi connectivity index (χ1v) is 3.79. The number of nitrogens with zero attached hydrogens (tertiary/aromatic N) is 2. The van der Waals surface area contributed by atoms with Crippen LogP contribution in [-0.4, -0.2) is 30.0 Å². The molecule has 0 radical (unpaired) electrons. The molecule has 1 heterocycles. The van der Waals surface area contributed by atoms with Crippen LogP contribution in [0.4, 0.5) is 0 Å². The van der Waals surface area contributed by atoms with Crippen molar-refractivity contribution in [2.75, 3.05) is 13.1 Å². The van der Waals surface area contributed by atoms with Crippen molar-refractivity contribution in [3.8, 4) is 0 Å². The summed E-state index contributed by atoms with van der Waals surface area (Å²) in [5.41, 5.74) is 5.81. The molecule has 0 saturated carbocycles. The van der Waals surface area contributed by atoms with Crippen LogP contribution in [-0.2, 0) is 0 Å². The van der Waals surface area contributed by atoms with Crippen LogP contribution in [0, 0.1) is 0 Å². The normalized spacial score (nSPS) is 21.1. The van der Waals surface area contributed by atoms with E-state index in [1.165, 1.54) is 0 Å². The molecule has 0 amide bonds. The van der Waals surface area contributed by atoms with Gasteiger partial charge in [-0.3, -0.25) is 4.99 Å². The minimum Gasteiger partial charge on any atom is -0.343 e. The van der Waals surface area contributed by atoms with Crippen LogP contribution in [0.2, 0.25) is 0 Å². The Labute approximate surface area is 61.9 Å². The summed E-state index contributed by atoms with van der Waals surface area (Å²) in [5.74, 6) is 1.09. The molecule has 10 heavy (non-hydrogen) atoms. The van der Waals surface area contributed by atoms with Crippen molar-refractivity contribution in [1.29, 1.82) is 0 Å². The van der Waals surface area contributed by atoms with E-state index in [4.69, 9.17) is 5.73 Å². The van der Waals surface area contributed by atoms with Gasteiger partial charge in [-0.15, -0.1) is 0 Å². The van der Waals surface area contributed by atoms with Crippen LogP contribution < -0.4 is 5.73 Å². The Kier molecular flexibility index (Phi) is 2.27. The lowest BCUT2D eigenvalue weighted by Crippen LogP contribution is -2.42. The lowest BCUT2D eigenvalue weighted by Gasteiger charge is -2.24. The molecule has 1 unspecified atom stereocenters. The van der Waals surface area contributed by atoms with E-state index in [1.54, 1.807) is 0 Å². The number of hydrogen-bond acceptors (Lipinski definition) is 3. The van der Waals surface area contributed by atoms with Crippen molar-refractivity contribution >= 4 is 5.84 Å². The van der Waals surface area contributed by atoms with Crippen LogP contribution in [0.15, 0.2) is 4.99 Å². The third-order valence-electron chi connectivity index (χ3n) is 1.92. The maximum Gasteiger partial charge on any atom is 0.0971 e. The largest absolute Gasteiger partial charge is 0.343 e. The van der Waals surface area contributed by atoms with Gasteiger partial charge >= 0.3 is 0 Å². The Morgan fingerprint density at radius 2 is 2.50 bits per heavy atom. The Morgan fingerprint density at radius 3 is 2.90 bits per heavy atom. The summed E-state index contributed by atoms with van der Waals surface area (Å²) in [6, 6.07) is 0. The number of hydrogen-bond donors (Lipinski definition) is 1. The standard InChI is InChI=1S/C7H15N3/c1-3-7(8)10-5-4-9-6(10)2/h7H,3-5,8H2,1-2H3. The smallest absolute Gasteiger partial charge is 0.0971 e. The lowest BCUT2D eigenvalue weighted by molar-refractivity contribution is 0.333. The molecule has 1 atom stereocenters. The fourth-order valence-corrected chi connectivity index (χ4v) is 1.20. The van der Waals surface area contributed by atoms with Crippen molar-refractivity contribution in [2.24, 2.45) is 10.7 Å². The highest BCUT2D eigenvalue weighted by Crippen LogP contribution is 2.05. The van der Waals surface area contributed by atoms with Gasteiger partial charge < -0.3 is 10.6 Å². The monoisotopic (exact) mass is 141 g/mol. The molecule has 1 aliphatic heterocycles. The maximum absolute atomic E-state index is 5.81. The zero-order valence-electron chi connectivity index (χ0n) is 6.67. The van der Waals surface area contributed by atoms with Gasteiger partial charge in [-0.2, -0.15) is 0 Å². The number of aliphatic imine (C=N–C) groups is 1. The fraction of sp³-hybridized carbons (Fsp3) is 0.857. The Morgan fingerprint density at radius 1 is 1.80 bits per heavy atom. The second-order valence-electron chi connectivity index (χ2n) is 2.60. The zero-order valence-corrected chi connectivity index (χ0v) is 6.67. The molecule has 3 nitrogen and oxygen atoms in total. The fourth-order valence-electron chi connectivity index (χ4n) is 1.20. The SMILES string of the molecule is CCC(N)N1CCN=C1C. The second kappa shape index (κ2) is 3.01. The molecule has 0 aromatic carbocycles. The van der Waals surface area contributed by atoms with Crippen molar-refractivity contribution in [1.82, 2.24) is 4.90 Å². The van der Waals surface area contributed by atoms with Gasteiger partial charge in [0.25, 0.3) is 0 Å². The first-order valence-electron chi connectivity index (χ1n) is 3.79. The summed E-state index contributed by atoms with van der Waals surface area (Å²) in [4.78, 5) is 6.40. The first kappa shape index (κ1) is 7.54. The van der Waals surface area contributed by atoms with Gasteiger partial charge in [-0.05, 0) is 13.3 Å². The molecule has 0 aromatic rings. The summed E-state index contributed by atoms with van der Waals surface area (Å²) in [6.45, 7) is 6.03. The molecule has 0 saturated heterocycles. The van der Waals surface area contributed by atoms with E-state index in [0.29, 0.717) is 0 Å². The average Bonchev–Trinajstić information content (AvgIpc) is 2.34. The van der Waals surface area contributed by atoms with Gasteiger partial charge in [0.15, 0.2) is 0 Å². The molecule has 0 aliphatic carbocycles. The van der Waals surface area contributed by atoms with E-state index in [-0.39, 0.29) is 6.17 Å². The van der Waals surface area contributed by atoms with Gasteiger partial charge in [0.1, 0.15) is 0 Å². The van der Waals surface area contributed by atoms with Crippen LogP contribution in [0.5, 0.6) is 0 Å². The van der Waals surface area contributed by atoms with Crippen LogP contribution in [0.25, 0.3) is 0 Å². The molecule has 3 heteroatoms. The number of nitrogens with two attached hydrogens (primary N) is 1. The highest BCUT2D eigenvalue weighted by molar-refractivity contribution is 5.81. The summed E-state index contributed by atoms with van der Waals surface area (Å²) in [5, 5.41) is 0. The molecular weight excluding hydrogens is 126 g/mol. The van der Waals surface area contributed by atoms with Gasteiger partial charge in [0.05, 0.1) is 18.5 Å². The van der Waals surface area contributed by atoms with Crippen LogP contribution in [0.1, 0.15) is 20.3 Å². The molecule has 0 aromatic heterocycles. The van der Waals surface area contributed by atoms with Gasteiger partial charge in [0.2, 0.25) is 0 Å². The summed E-state index contributed by atoms with van der Waals surface area (Å²) in [6.07, 6.45) is 1.17. The van der Waals surface area contributed by atoms with E-state index >= 15 is 0 Å². The summed E-state index contributed by atoms with van der Waals surface area (Å²) in [7, 11) is 0. The molecule has 1 aliphatic rings. The molecule has 58 valence electrons. The Bertz CT molecular complexity index is 142. The maximum atomic E-state index is 5.81. The van der Waals surface area contributed by atoms with Crippen molar-refractivity contribution in [2.45, 2.75) is 26.4 Å². The molecule has 0 bridgehead atoms.